The van der Waals surface area contributed by atoms with Crippen molar-refractivity contribution in [2.75, 3.05) is 5.32 Å². The molecular formula is C10H9FN4O2. The van der Waals surface area contributed by atoms with Crippen molar-refractivity contribution in [3.8, 4) is 0 Å². The summed E-state index contributed by atoms with van der Waals surface area (Å²) in [5.74, 6) is -0.164. The Morgan fingerprint density at radius 3 is 2.94 bits per heavy atom. The third-order valence-corrected chi connectivity index (χ3v) is 2.16. The molecule has 0 radical (unpaired) electrons. The minimum absolute atomic E-state index is 0.393. The van der Waals surface area contributed by atoms with Crippen LogP contribution in [0.3, 0.4) is 0 Å². The molecule has 0 aliphatic rings. The van der Waals surface area contributed by atoms with E-state index in [1.807, 2.05) is 0 Å². The van der Waals surface area contributed by atoms with Crippen LogP contribution in [-0.4, -0.2) is 14.9 Å². The molecular weight excluding hydrogens is 227 g/mol. The number of aromatic amines is 1. The number of hydrogen-bond acceptors (Lipinski definition) is 4. The van der Waals surface area contributed by atoms with E-state index in [0.29, 0.717) is 18.1 Å². The quantitative estimate of drug-likeness (QED) is 0.628. The molecule has 2 aromatic rings. The van der Waals surface area contributed by atoms with E-state index in [9.17, 15) is 14.5 Å². The van der Waals surface area contributed by atoms with Gasteiger partial charge >= 0.3 is 5.69 Å². The van der Waals surface area contributed by atoms with Crippen molar-refractivity contribution in [1.82, 2.24) is 9.97 Å². The molecule has 0 saturated carbocycles. The van der Waals surface area contributed by atoms with Gasteiger partial charge in [-0.05, 0) is 6.07 Å². The van der Waals surface area contributed by atoms with Crippen molar-refractivity contribution in [2.24, 2.45) is 0 Å². The van der Waals surface area contributed by atoms with E-state index in [1.54, 1.807) is 12.4 Å². The van der Waals surface area contributed by atoms with Gasteiger partial charge in [-0.15, -0.1) is 0 Å². The van der Waals surface area contributed by atoms with E-state index >= 15 is 0 Å². The minimum Gasteiger partial charge on any atom is -0.378 e. The molecule has 6 nitrogen and oxygen atoms in total. The number of nitro groups is 1. The monoisotopic (exact) mass is 236 g/mol. The van der Waals surface area contributed by atoms with Gasteiger partial charge in [-0.1, -0.05) is 0 Å². The lowest BCUT2D eigenvalue weighted by atomic mass is 10.2. The van der Waals surface area contributed by atoms with E-state index in [1.165, 1.54) is 6.07 Å². The summed E-state index contributed by atoms with van der Waals surface area (Å²) in [7, 11) is 0. The van der Waals surface area contributed by atoms with Gasteiger partial charge in [-0.3, -0.25) is 10.1 Å². The number of benzene rings is 1. The molecule has 0 saturated heterocycles. The van der Waals surface area contributed by atoms with Crippen LogP contribution in [0, 0.1) is 15.9 Å². The van der Waals surface area contributed by atoms with Crippen LogP contribution in [0.15, 0.2) is 30.6 Å². The Balaban J connectivity index is 2.07. The standard InChI is InChI=1S/C10H9FN4O2/c11-8-5-7(1-2-9(8)15(16)17)14-6-10-12-3-4-13-10/h1-5,14H,6H2,(H,12,13). The average molecular weight is 236 g/mol. The summed E-state index contributed by atoms with van der Waals surface area (Å²) in [5.41, 5.74) is -0.0713. The summed E-state index contributed by atoms with van der Waals surface area (Å²) in [5, 5.41) is 13.3. The van der Waals surface area contributed by atoms with Crippen molar-refractivity contribution < 1.29 is 9.31 Å². The Morgan fingerprint density at radius 1 is 1.53 bits per heavy atom. The van der Waals surface area contributed by atoms with Gasteiger partial charge in [-0.25, -0.2) is 4.98 Å². The molecule has 0 spiro atoms. The number of nitrogens with zero attached hydrogens (tertiary/aromatic N) is 2. The number of nitro benzene ring substituents is 1. The molecule has 0 amide bonds. The molecule has 0 atom stereocenters. The zero-order valence-electron chi connectivity index (χ0n) is 8.68. The number of anilines is 1. The second kappa shape index (κ2) is 4.60. The van der Waals surface area contributed by atoms with Crippen LogP contribution in [-0.2, 0) is 6.54 Å². The van der Waals surface area contributed by atoms with Gasteiger partial charge in [0.15, 0.2) is 0 Å². The number of aromatic nitrogens is 2. The Hall–Kier alpha value is -2.44. The second-order valence-corrected chi connectivity index (χ2v) is 3.31. The average Bonchev–Trinajstić information content (AvgIpc) is 2.78. The lowest BCUT2D eigenvalue weighted by Crippen LogP contribution is -2.02. The van der Waals surface area contributed by atoms with Gasteiger partial charge in [0.2, 0.25) is 5.82 Å². The third-order valence-electron chi connectivity index (χ3n) is 2.16. The fraction of sp³-hybridized carbons (Fsp3) is 0.100. The van der Waals surface area contributed by atoms with Crippen LogP contribution >= 0.6 is 0 Å². The summed E-state index contributed by atoms with van der Waals surface area (Å²) < 4.78 is 13.3. The molecule has 2 rings (SSSR count). The molecule has 7 heteroatoms. The fourth-order valence-corrected chi connectivity index (χ4v) is 1.35. The Kier molecular flexibility index (Phi) is 2.99. The highest BCUT2D eigenvalue weighted by Gasteiger charge is 2.13. The summed E-state index contributed by atoms with van der Waals surface area (Å²) in [4.78, 5) is 16.5. The Morgan fingerprint density at radius 2 is 2.35 bits per heavy atom. The predicted octanol–water partition coefficient (Wildman–Crippen LogP) is 2.07. The summed E-state index contributed by atoms with van der Waals surface area (Å²) in [6, 6.07) is 3.66. The molecule has 2 N–H and O–H groups in total. The Bertz CT molecular complexity index is 527. The first-order valence-electron chi connectivity index (χ1n) is 4.83. The number of imidazole rings is 1. The van der Waals surface area contributed by atoms with Crippen molar-refractivity contribution in [3.63, 3.8) is 0 Å². The fourth-order valence-electron chi connectivity index (χ4n) is 1.35. The van der Waals surface area contributed by atoms with Gasteiger partial charge in [-0.2, -0.15) is 4.39 Å². The molecule has 88 valence electrons. The van der Waals surface area contributed by atoms with Crippen LogP contribution in [0.1, 0.15) is 5.82 Å². The molecule has 0 aliphatic heterocycles. The molecule has 1 aromatic carbocycles. The zero-order valence-corrected chi connectivity index (χ0v) is 8.68. The van der Waals surface area contributed by atoms with Gasteiger partial charge in [0, 0.05) is 30.2 Å². The van der Waals surface area contributed by atoms with Gasteiger partial charge < -0.3 is 10.3 Å². The Labute approximate surface area is 95.7 Å². The van der Waals surface area contributed by atoms with Crippen LogP contribution < -0.4 is 5.32 Å². The summed E-state index contributed by atoms with van der Waals surface area (Å²) in [6.07, 6.45) is 3.28. The first-order valence-corrected chi connectivity index (χ1v) is 4.83. The van der Waals surface area contributed by atoms with Gasteiger partial charge in [0.05, 0.1) is 11.5 Å². The van der Waals surface area contributed by atoms with E-state index in [0.717, 1.165) is 12.1 Å². The first kappa shape index (κ1) is 11.1. The van der Waals surface area contributed by atoms with Crippen LogP contribution in [0.25, 0.3) is 0 Å². The van der Waals surface area contributed by atoms with Gasteiger partial charge in [0.25, 0.3) is 0 Å². The maximum atomic E-state index is 13.3. The van der Waals surface area contributed by atoms with Crippen molar-refractivity contribution in [2.45, 2.75) is 6.54 Å². The number of H-pyrrole nitrogens is 1. The maximum absolute atomic E-state index is 13.3. The zero-order chi connectivity index (χ0) is 12.3. The summed E-state index contributed by atoms with van der Waals surface area (Å²) in [6.45, 7) is 0.393. The highest BCUT2D eigenvalue weighted by Crippen LogP contribution is 2.20. The second-order valence-electron chi connectivity index (χ2n) is 3.31. The van der Waals surface area contributed by atoms with E-state index in [2.05, 4.69) is 15.3 Å². The smallest absolute Gasteiger partial charge is 0.304 e. The molecule has 0 aliphatic carbocycles. The van der Waals surface area contributed by atoms with Crippen molar-refractivity contribution in [1.29, 1.82) is 0 Å². The maximum Gasteiger partial charge on any atom is 0.304 e. The molecule has 1 heterocycles. The predicted molar refractivity (Wildman–Crippen MR) is 59.0 cm³/mol. The topological polar surface area (TPSA) is 83.8 Å². The minimum atomic E-state index is -0.862. The van der Waals surface area contributed by atoms with E-state index in [4.69, 9.17) is 0 Å². The molecule has 0 bridgehead atoms. The molecule has 0 fully saturated rings. The molecule has 0 unspecified atom stereocenters. The van der Waals surface area contributed by atoms with Crippen LogP contribution in [0.5, 0.6) is 0 Å². The van der Waals surface area contributed by atoms with Gasteiger partial charge in [0.1, 0.15) is 5.82 Å². The highest BCUT2D eigenvalue weighted by molar-refractivity contribution is 5.49. The number of hydrogen-bond donors (Lipinski definition) is 2. The van der Waals surface area contributed by atoms with Crippen LogP contribution in [0.2, 0.25) is 0 Å². The lowest BCUT2D eigenvalue weighted by molar-refractivity contribution is -0.387. The molecule has 1 aromatic heterocycles. The number of halogens is 1. The largest absolute Gasteiger partial charge is 0.378 e. The summed E-state index contributed by atoms with van der Waals surface area (Å²) >= 11 is 0. The number of rotatable bonds is 4. The lowest BCUT2D eigenvalue weighted by Gasteiger charge is -2.04. The van der Waals surface area contributed by atoms with E-state index < -0.39 is 16.4 Å². The van der Waals surface area contributed by atoms with Crippen molar-refractivity contribution in [3.05, 3.63) is 52.3 Å². The number of nitrogens with one attached hydrogen (secondary N) is 2. The molecule has 17 heavy (non-hydrogen) atoms. The first-order chi connectivity index (χ1) is 8.16. The normalized spacial score (nSPS) is 10.2. The highest BCUT2D eigenvalue weighted by atomic mass is 19.1. The van der Waals surface area contributed by atoms with E-state index in [-0.39, 0.29) is 0 Å². The third kappa shape index (κ3) is 2.57. The van der Waals surface area contributed by atoms with Crippen LogP contribution in [0.4, 0.5) is 15.8 Å². The SMILES string of the molecule is O=[N+]([O-])c1ccc(NCc2ncc[nH]2)cc1F. The van der Waals surface area contributed by atoms with Crippen molar-refractivity contribution >= 4 is 11.4 Å².